The number of amides is 1. The Labute approximate surface area is 161 Å². The lowest BCUT2D eigenvalue weighted by Crippen LogP contribution is -2.44. The predicted octanol–water partition coefficient (Wildman–Crippen LogP) is 6.84. The first-order valence-corrected chi connectivity index (χ1v) is 10.1. The normalized spacial score (nSPS) is 14.4. The first-order chi connectivity index (χ1) is 12.1. The van der Waals surface area contributed by atoms with Crippen molar-refractivity contribution in [3.8, 4) is 0 Å². The van der Waals surface area contributed by atoms with Gasteiger partial charge in [0.15, 0.2) is 0 Å². The van der Waals surface area contributed by atoms with E-state index in [2.05, 4.69) is 39.8 Å². The second-order valence-electron chi connectivity index (χ2n) is 8.92. The zero-order valence-corrected chi connectivity index (χ0v) is 18.1. The standard InChI is InChI=1S/C23H39NO2/c1-9-10-16-20(23(6,7)8)21(19-14-12-11-13-15-19)26-22(25)24(17(2)3)18(4)5/h11-15,17-18,20-21H,9-10,16H2,1-8H3/t20-,21-/m0/s1. The summed E-state index contributed by atoms with van der Waals surface area (Å²) in [6.45, 7) is 17.1. The van der Waals surface area contributed by atoms with Crippen LogP contribution in [0.1, 0.15) is 86.3 Å². The van der Waals surface area contributed by atoms with Gasteiger partial charge in [0, 0.05) is 18.0 Å². The molecule has 0 saturated carbocycles. The van der Waals surface area contributed by atoms with E-state index in [1.165, 1.54) is 0 Å². The summed E-state index contributed by atoms with van der Waals surface area (Å²) in [5.41, 5.74) is 1.14. The van der Waals surface area contributed by atoms with Gasteiger partial charge in [0.05, 0.1) is 0 Å². The summed E-state index contributed by atoms with van der Waals surface area (Å²) in [6.07, 6.45) is 2.90. The molecule has 0 spiro atoms. The summed E-state index contributed by atoms with van der Waals surface area (Å²) in [7, 11) is 0. The van der Waals surface area contributed by atoms with Gasteiger partial charge in [-0.3, -0.25) is 0 Å². The van der Waals surface area contributed by atoms with Crippen LogP contribution in [0.4, 0.5) is 4.79 Å². The maximum Gasteiger partial charge on any atom is 0.410 e. The third-order valence-corrected chi connectivity index (χ3v) is 5.03. The average molecular weight is 362 g/mol. The lowest BCUT2D eigenvalue weighted by atomic mass is 9.73. The van der Waals surface area contributed by atoms with Gasteiger partial charge in [0.25, 0.3) is 0 Å². The summed E-state index contributed by atoms with van der Waals surface area (Å²) < 4.78 is 6.19. The van der Waals surface area contributed by atoms with Crippen LogP contribution in [0, 0.1) is 11.3 Å². The minimum absolute atomic E-state index is 0.0520. The monoisotopic (exact) mass is 361 g/mol. The number of benzene rings is 1. The fourth-order valence-electron chi connectivity index (χ4n) is 3.68. The van der Waals surface area contributed by atoms with Crippen molar-refractivity contribution in [2.24, 2.45) is 11.3 Å². The number of nitrogens with zero attached hydrogens (tertiary/aromatic N) is 1. The van der Waals surface area contributed by atoms with Crippen molar-refractivity contribution < 1.29 is 9.53 Å². The molecule has 0 aliphatic carbocycles. The Balaban J connectivity index is 3.22. The average Bonchev–Trinajstić information content (AvgIpc) is 2.53. The Hall–Kier alpha value is -1.51. The van der Waals surface area contributed by atoms with Gasteiger partial charge < -0.3 is 9.64 Å². The highest BCUT2D eigenvalue weighted by Gasteiger charge is 2.36. The predicted molar refractivity (Wildman–Crippen MR) is 110 cm³/mol. The molecule has 1 amide bonds. The van der Waals surface area contributed by atoms with E-state index in [4.69, 9.17) is 4.74 Å². The molecule has 0 aliphatic heterocycles. The first-order valence-electron chi connectivity index (χ1n) is 10.1. The topological polar surface area (TPSA) is 29.5 Å². The van der Waals surface area contributed by atoms with Crippen LogP contribution in [0.15, 0.2) is 30.3 Å². The van der Waals surface area contributed by atoms with Crippen LogP contribution < -0.4 is 0 Å². The third-order valence-electron chi connectivity index (χ3n) is 5.03. The van der Waals surface area contributed by atoms with Crippen LogP contribution >= 0.6 is 0 Å². The summed E-state index contributed by atoms with van der Waals surface area (Å²) in [4.78, 5) is 14.8. The van der Waals surface area contributed by atoms with Gasteiger partial charge in [0.1, 0.15) is 6.10 Å². The number of carbonyl (C=O) groups excluding carboxylic acids is 1. The fourth-order valence-corrected chi connectivity index (χ4v) is 3.68. The lowest BCUT2D eigenvalue weighted by molar-refractivity contribution is -0.0122. The van der Waals surface area contributed by atoms with Crippen LogP contribution in [0.5, 0.6) is 0 Å². The minimum atomic E-state index is -0.227. The second kappa shape index (κ2) is 9.99. The van der Waals surface area contributed by atoms with Crippen molar-refractivity contribution in [1.82, 2.24) is 4.90 Å². The van der Waals surface area contributed by atoms with Crippen molar-refractivity contribution in [2.75, 3.05) is 0 Å². The van der Waals surface area contributed by atoms with Gasteiger partial charge in [-0.1, -0.05) is 70.9 Å². The summed E-state index contributed by atoms with van der Waals surface area (Å²) >= 11 is 0. The summed E-state index contributed by atoms with van der Waals surface area (Å²) in [6, 6.07) is 10.5. The number of carbonyl (C=O) groups is 1. The zero-order valence-electron chi connectivity index (χ0n) is 18.1. The van der Waals surface area contributed by atoms with E-state index < -0.39 is 0 Å². The summed E-state index contributed by atoms with van der Waals surface area (Å²) in [5.74, 6) is 0.273. The Morgan fingerprint density at radius 2 is 1.58 bits per heavy atom. The van der Waals surface area contributed by atoms with Crippen molar-refractivity contribution in [3.05, 3.63) is 35.9 Å². The molecule has 148 valence electrons. The van der Waals surface area contributed by atoms with E-state index in [1.807, 2.05) is 50.8 Å². The first kappa shape index (κ1) is 22.5. The van der Waals surface area contributed by atoms with E-state index in [1.54, 1.807) is 0 Å². The molecule has 0 fully saturated rings. The molecule has 26 heavy (non-hydrogen) atoms. The molecular formula is C23H39NO2. The lowest BCUT2D eigenvalue weighted by Gasteiger charge is -2.39. The Morgan fingerprint density at radius 3 is 2.00 bits per heavy atom. The van der Waals surface area contributed by atoms with E-state index in [9.17, 15) is 4.79 Å². The van der Waals surface area contributed by atoms with Gasteiger partial charge >= 0.3 is 6.09 Å². The molecule has 0 saturated heterocycles. The van der Waals surface area contributed by atoms with Crippen molar-refractivity contribution in [3.63, 3.8) is 0 Å². The van der Waals surface area contributed by atoms with E-state index in [-0.39, 0.29) is 35.6 Å². The number of hydrogen-bond acceptors (Lipinski definition) is 2. The molecule has 2 atom stereocenters. The van der Waals surface area contributed by atoms with E-state index >= 15 is 0 Å². The molecule has 0 aromatic heterocycles. The largest absolute Gasteiger partial charge is 0.441 e. The van der Waals surface area contributed by atoms with Crippen LogP contribution in [0.25, 0.3) is 0 Å². The zero-order chi connectivity index (χ0) is 19.9. The van der Waals surface area contributed by atoms with Crippen LogP contribution in [0.2, 0.25) is 0 Å². The van der Waals surface area contributed by atoms with E-state index in [0.717, 1.165) is 24.8 Å². The Kier molecular flexibility index (Phi) is 8.66. The number of ether oxygens (including phenoxy) is 1. The third kappa shape index (κ3) is 6.34. The van der Waals surface area contributed by atoms with Gasteiger partial charge in [-0.05, 0) is 45.1 Å². The van der Waals surface area contributed by atoms with Crippen LogP contribution in [0.3, 0.4) is 0 Å². The highest BCUT2D eigenvalue weighted by molar-refractivity contribution is 5.68. The second-order valence-corrected chi connectivity index (χ2v) is 8.92. The smallest absolute Gasteiger partial charge is 0.410 e. The van der Waals surface area contributed by atoms with Crippen LogP contribution in [-0.2, 0) is 4.74 Å². The van der Waals surface area contributed by atoms with Gasteiger partial charge in [-0.15, -0.1) is 0 Å². The molecule has 0 heterocycles. The maximum absolute atomic E-state index is 13.0. The molecule has 0 aliphatic rings. The summed E-state index contributed by atoms with van der Waals surface area (Å²) in [5, 5.41) is 0. The van der Waals surface area contributed by atoms with Crippen molar-refractivity contribution >= 4 is 6.09 Å². The van der Waals surface area contributed by atoms with Crippen LogP contribution in [-0.4, -0.2) is 23.1 Å². The molecule has 1 rings (SSSR count). The highest BCUT2D eigenvalue weighted by atomic mass is 16.6. The van der Waals surface area contributed by atoms with Gasteiger partial charge in [-0.2, -0.15) is 0 Å². The fraction of sp³-hybridized carbons (Fsp3) is 0.696. The molecule has 0 radical (unpaired) electrons. The highest BCUT2D eigenvalue weighted by Crippen LogP contribution is 2.42. The SMILES string of the molecule is CCCC[C@@H]([C@@H](OC(=O)N(C(C)C)C(C)C)c1ccccc1)C(C)(C)C. The van der Waals surface area contributed by atoms with Crippen molar-refractivity contribution in [1.29, 1.82) is 0 Å². The van der Waals surface area contributed by atoms with Gasteiger partial charge in [-0.25, -0.2) is 4.79 Å². The Bertz CT molecular complexity index is 523. The number of unbranched alkanes of at least 4 members (excludes halogenated alkanes) is 1. The Morgan fingerprint density at radius 1 is 1.04 bits per heavy atom. The molecule has 0 bridgehead atoms. The molecule has 3 nitrogen and oxygen atoms in total. The molecular weight excluding hydrogens is 322 g/mol. The van der Waals surface area contributed by atoms with Crippen molar-refractivity contribution in [2.45, 2.75) is 92.8 Å². The number of hydrogen-bond donors (Lipinski definition) is 0. The number of rotatable bonds is 8. The maximum atomic E-state index is 13.0. The minimum Gasteiger partial charge on any atom is -0.441 e. The molecule has 1 aromatic carbocycles. The van der Waals surface area contributed by atoms with E-state index in [0.29, 0.717) is 0 Å². The molecule has 3 heteroatoms. The molecule has 0 N–H and O–H groups in total. The molecule has 0 unspecified atom stereocenters. The van der Waals surface area contributed by atoms with Gasteiger partial charge in [0.2, 0.25) is 0 Å². The molecule has 1 aromatic rings. The quantitative estimate of drug-likeness (QED) is 0.507.